The van der Waals surface area contributed by atoms with Gasteiger partial charge in [-0.3, -0.25) is 28.8 Å². The van der Waals surface area contributed by atoms with Gasteiger partial charge in [-0.2, -0.15) is 0 Å². The SMILES string of the molecule is C=C(OC)[C@]12CCC(C)(C)CC1C1=CCC3[C@@]4(C)CC(C(=O)NCCCN5CCCC5)C(=O)C(C)(C)C4CC[C@@]3(C)[C@]1(C)CC2.C=C(OC)[C@]12CCC(C)(C)CC1C1=CCC3[C@@]4(C)CC(C(=O)NCCN(CC)CC)C(=O)C(C)(C)C4CC[C@@]3(C)[C@]1(C)CC2.C=C(OC)[C@]12CCC(C)(C)CC1C1=CCC3[C@@]4(C)CC(C(=O)NCCN5CCCC5)C(=O)C(C)(C)C4CC[C@@]3(C)[C@]1(C)CC2. The van der Waals surface area contributed by atoms with Crippen LogP contribution in [-0.4, -0.2) is 150 Å². The minimum atomic E-state index is -0.563. The van der Waals surface area contributed by atoms with Gasteiger partial charge in [-0.25, -0.2) is 0 Å². The summed E-state index contributed by atoms with van der Waals surface area (Å²) in [4.78, 5) is 90.8. The van der Waals surface area contributed by atoms with E-state index in [1.54, 1.807) is 16.7 Å². The number of fused-ring (bicyclic) bond motifs is 21. The van der Waals surface area contributed by atoms with Crippen LogP contribution in [0.3, 0.4) is 0 Å². The fraction of sp³-hybridized carbons (Fsp3) is 0.847. The van der Waals surface area contributed by atoms with Crippen LogP contribution in [0.4, 0.5) is 0 Å². The van der Waals surface area contributed by atoms with Crippen LogP contribution in [0.25, 0.3) is 0 Å². The average Bonchev–Trinajstić information content (AvgIpc) is 0.836. The Balaban J connectivity index is 0.000000152. The van der Waals surface area contributed by atoms with E-state index in [4.69, 9.17) is 14.2 Å². The predicted molar refractivity (Wildman–Crippen MR) is 540 cm³/mol. The molecule has 746 valence electrons. The quantitative estimate of drug-likeness (QED) is 0.0430. The third-order valence-corrected chi connectivity index (χ3v) is 46.2. The molecule has 0 radical (unpaired) electrons. The molecule has 0 aromatic carbocycles. The minimum Gasteiger partial charge on any atom is -0.501 e. The van der Waals surface area contributed by atoms with E-state index in [9.17, 15) is 28.8 Å². The lowest BCUT2D eigenvalue weighted by molar-refractivity contribution is -0.193. The molecule has 15 heteroatoms. The lowest BCUT2D eigenvalue weighted by Gasteiger charge is -2.71. The zero-order chi connectivity index (χ0) is 97.1. The van der Waals surface area contributed by atoms with E-state index >= 15 is 0 Å². The summed E-state index contributed by atoms with van der Waals surface area (Å²) in [6.45, 7) is 79.7. The molecule has 2 heterocycles. The zero-order valence-corrected chi connectivity index (χ0v) is 89.4. The second-order valence-corrected chi connectivity index (χ2v) is 54.4. The molecule has 0 aromatic rings. The van der Waals surface area contributed by atoms with E-state index in [-0.39, 0.29) is 100 Å². The number of ether oxygens (including phenoxy) is 3. The van der Waals surface area contributed by atoms with Crippen LogP contribution in [0.2, 0.25) is 0 Å². The summed E-state index contributed by atoms with van der Waals surface area (Å²) >= 11 is 0. The summed E-state index contributed by atoms with van der Waals surface area (Å²) < 4.78 is 17.9. The lowest BCUT2D eigenvalue weighted by atomic mass is 9.33. The maximum absolute atomic E-state index is 14.1. The Kier molecular flexibility index (Phi) is 27.7. The van der Waals surface area contributed by atoms with E-state index in [2.05, 4.69) is 228 Å². The van der Waals surface area contributed by atoms with Crippen LogP contribution in [0.1, 0.15) is 365 Å². The number of amides is 3. The molecule has 0 spiro atoms. The van der Waals surface area contributed by atoms with Crippen molar-refractivity contribution >= 4 is 35.1 Å². The van der Waals surface area contributed by atoms with Crippen molar-refractivity contribution in [2.24, 2.45) is 168 Å². The van der Waals surface area contributed by atoms with E-state index in [1.807, 2.05) is 21.3 Å². The Morgan fingerprint density at radius 1 is 0.368 bits per heavy atom. The number of Topliss-reactive ketones (excluding diaryl/α,β-unsaturated/α-hetero) is 3. The van der Waals surface area contributed by atoms with Crippen LogP contribution in [-0.2, 0) is 43.0 Å². The van der Waals surface area contributed by atoms with Gasteiger partial charge in [0, 0.05) is 65.2 Å². The number of carbonyl (C=O) groups excluding carboxylic acids is 6. The van der Waals surface area contributed by atoms with Crippen LogP contribution in [0.15, 0.2) is 72.0 Å². The van der Waals surface area contributed by atoms with Gasteiger partial charge in [0.15, 0.2) is 17.3 Å². The molecule has 12 unspecified atom stereocenters. The topological polar surface area (TPSA) is 176 Å². The first-order valence-electron chi connectivity index (χ1n) is 54.5. The molecule has 24 atom stereocenters. The number of allylic oxidation sites excluding steroid dienone is 9. The fourth-order valence-electron chi connectivity index (χ4n) is 37.5. The number of likely N-dealkylation sites (N-methyl/N-ethyl adjacent to an activating group) is 1. The smallest absolute Gasteiger partial charge is 0.230 e. The van der Waals surface area contributed by atoms with Crippen molar-refractivity contribution in [3.8, 4) is 0 Å². The molecule has 2 saturated heterocycles. The molecule has 3 amide bonds. The van der Waals surface area contributed by atoms with Gasteiger partial charge in [0.2, 0.25) is 17.7 Å². The number of nitrogens with one attached hydrogen (secondary N) is 3. The van der Waals surface area contributed by atoms with Gasteiger partial charge in [-0.05, 0) is 370 Å². The van der Waals surface area contributed by atoms with E-state index in [0.29, 0.717) is 108 Å². The van der Waals surface area contributed by atoms with E-state index < -0.39 is 34.0 Å². The Morgan fingerprint density at radius 3 is 0.940 bits per heavy atom. The van der Waals surface area contributed by atoms with Crippen LogP contribution < -0.4 is 16.0 Å². The Morgan fingerprint density at radius 2 is 0.647 bits per heavy atom. The van der Waals surface area contributed by atoms with E-state index in [1.165, 1.54) is 77.3 Å². The molecule has 14 fully saturated rings. The number of nitrogens with zero attached hydrogens (tertiary/aromatic N) is 3. The minimum absolute atomic E-state index is 0.0235. The highest BCUT2D eigenvalue weighted by atomic mass is 16.5. The van der Waals surface area contributed by atoms with Crippen molar-refractivity contribution in [1.29, 1.82) is 0 Å². The first-order chi connectivity index (χ1) is 62.1. The summed E-state index contributed by atoms with van der Waals surface area (Å²) in [5, 5.41) is 9.64. The lowest BCUT2D eigenvalue weighted by Crippen LogP contribution is -2.66. The summed E-state index contributed by atoms with van der Waals surface area (Å²) in [5.74, 6) is 5.38. The molecule has 15 nitrogen and oxygen atoms in total. The van der Waals surface area contributed by atoms with Crippen molar-refractivity contribution in [1.82, 2.24) is 30.7 Å². The molecule has 15 aliphatic carbocycles. The van der Waals surface area contributed by atoms with Crippen molar-refractivity contribution in [3.63, 3.8) is 0 Å². The highest BCUT2D eigenvalue weighted by molar-refractivity contribution is 6.06. The number of rotatable bonds is 21. The van der Waals surface area contributed by atoms with Gasteiger partial charge in [-0.15, -0.1) is 0 Å². The number of ketones is 3. The predicted octanol–water partition coefficient (Wildman–Crippen LogP) is 24.5. The zero-order valence-electron chi connectivity index (χ0n) is 89.4. The van der Waals surface area contributed by atoms with Crippen molar-refractivity contribution in [2.75, 3.05) is 99.9 Å². The average molecular weight is 1840 g/mol. The Bertz CT molecular complexity index is 4390. The number of hydrogen-bond donors (Lipinski definition) is 3. The fourth-order valence-corrected chi connectivity index (χ4v) is 37.5. The molecule has 0 bridgehead atoms. The van der Waals surface area contributed by atoms with Crippen molar-refractivity contribution < 1.29 is 43.0 Å². The summed E-state index contributed by atoms with van der Waals surface area (Å²) in [6, 6.07) is 0. The van der Waals surface area contributed by atoms with Gasteiger partial charge >= 0.3 is 0 Å². The number of likely N-dealkylation sites (tertiary alicyclic amines) is 2. The first-order valence-corrected chi connectivity index (χ1v) is 54.5. The Labute approximate surface area is 808 Å². The maximum Gasteiger partial charge on any atom is 0.230 e. The van der Waals surface area contributed by atoms with Gasteiger partial charge in [0.1, 0.15) is 0 Å². The standard InChI is InChI=1S/C40H64N2O3.C39H62N2O3.C39H64N2O3/c1-27(45-9)40-19-17-35(2,3)26-30(40)29-13-14-32-37(6)25-28(34(44)41-21-12-24-42-22-10-11-23-42)33(43)36(4,5)31(37)15-16-39(32,8)38(29,7)18-20-40;1-26(44-9)39-18-16-34(2,3)25-29(39)28-12-13-31-36(6)24-27(33(43)40-20-23-41-21-10-11-22-41)32(42)35(4,5)30(36)14-15-38(31,8)37(28,7)17-19-39;1-12-41(13-2)23-22-40-33(43)27-24-36(8)30(35(6,7)32(27)42)16-17-38(10)31(36)15-14-28-29-25-34(4,5)18-20-39(29,26(3)44-11)21-19-37(28,38)9/h13,28,30-32H,1,10-12,14-26H2,2-9H3,(H,41,44);12,27,29-31H,1,10-11,13-25H2,2-9H3,(H,40,43);14,27,29-31H,3,12-13,15-25H2,1-2,4-11H3,(H,40,43)/t28?,30?,31?,32?,37-,38+,39+,40+;2*27?,29?,30?,31?,36-,37+,38+,39+/m000/s1. The third-order valence-electron chi connectivity index (χ3n) is 46.2. The van der Waals surface area contributed by atoms with Gasteiger partial charge < -0.3 is 44.9 Å². The number of carbonyl (C=O) groups is 6. The second kappa shape index (κ2) is 36.0. The van der Waals surface area contributed by atoms with Crippen molar-refractivity contribution in [2.45, 2.75) is 365 Å². The molecule has 2 aliphatic heterocycles. The highest BCUT2D eigenvalue weighted by Crippen LogP contribution is 2.82. The molecular formula is C118H190N6O9. The molecule has 12 saturated carbocycles. The summed E-state index contributed by atoms with van der Waals surface area (Å²) in [5.41, 5.74) is 5.00. The number of hydrogen-bond acceptors (Lipinski definition) is 12. The number of methoxy groups -OCH3 is 3. The monoisotopic (exact) mass is 1840 g/mol. The van der Waals surface area contributed by atoms with Crippen molar-refractivity contribution in [3.05, 3.63) is 72.0 Å². The van der Waals surface area contributed by atoms with Gasteiger partial charge in [-0.1, -0.05) is 214 Å². The van der Waals surface area contributed by atoms with Gasteiger partial charge in [0.25, 0.3) is 0 Å². The van der Waals surface area contributed by atoms with Crippen LogP contribution in [0, 0.1) is 168 Å². The first kappa shape index (κ1) is 103. The molecule has 133 heavy (non-hydrogen) atoms. The summed E-state index contributed by atoms with van der Waals surface area (Å²) in [7, 11) is 5.46. The largest absolute Gasteiger partial charge is 0.501 e. The third kappa shape index (κ3) is 16.2. The molecule has 0 aromatic heterocycles. The van der Waals surface area contributed by atoms with E-state index in [0.717, 1.165) is 185 Å². The van der Waals surface area contributed by atoms with Crippen LogP contribution >= 0.6 is 0 Å². The molecule has 3 N–H and O–H groups in total. The maximum atomic E-state index is 14.1. The highest BCUT2D eigenvalue weighted by Gasteiger charge is 2.75. The molecule has 17 aliphatic rings. The normalized spacial score (nSPS) is 43.4. The Hall–Kier alpha value is -4.86. The van der Waals surface area contributed by atoms with Crippen LogP contribution in [0.5, 0.6) is 0 Å². The van der Waals surface area contributed by atoms with Gasteiger partial charge in [0.05, 0.1) is 56.4 Å². The molecule has 17 rings (SSSR count). The molecular weight excluding hydrogens is 1650 g/mol. The second-order valence-electron chi connectivity index (χ2n) is 54.4. The summed E-state index contributed by atoms with van der Waals surface area (Å²) in [6.07, 6.45) is 43.5.